The van der Waals surface area contributed by atoms with Crippen molar-refractivity contribution in [2.75, 3.05) is 26.0 Å². The lowest BCUT2D eigenvalue weighted by molar-refractivity contribution is -0.132. The fraction of sp³-hybridized carbons (Fsp3) is 0.462. The lowest BCUT2D eigenvalue weighted by Gasteiger charge is -2.26. The molecule has 1 atom stereocenters. The second-order valence-electron chi connectivity index (χ2n) is 4.98. The molecule has 0 aliphatic carbocycles. The summed E-state index contributed by atoms with van der Waals surface area (Å²) in [6.45, 7) is 0.490. The van der Waals surface area contributed by atoms with E-state index in [1.807, 2.05) is 0 Å². The zero-order valence-electron chi connectivity index (χ0n) is 11.8. The van der Waals surface area contributed by atoms with Crippen molar-refractivity contribution in [2.24, 2.45) is 0 Å². The Labute approximate surface area is 126 Å². The molecule has 1 aliphatic heterocycles. The number of nitrogens with zero attached hydrogens (tertiary/aromatic N) is 2. The Kier molecular flexibility index (Phi) is 4.46. The van der Waals surface area contributed by atoms with Crippen LogP contribution in [-0.4, -0.2) is 59.5 Å². The number of nitrogens with one attached hydrogen (secondary N) is 1. The SMILES string of the molecule is CN(C)C(=O)C1CCCN1C(=O)Nc1sccc1C(=O)O. The summed E-state index contributed by atoms with van der Waals surface area (Å²) in [5.41, 5.74) is 0.0584. The van der Waals surface area contributed by atoms with Gasteiger partial charge in [-0.15, -0.1) is 11.3 Å². The van der Waals surface area contributed by atoms with Crippen LogP contribution in [0.1, 0.15) is 23.2 Å². The number of carboxylic acids is 1. The Hall–Kier alpha value is -2.09. The van der Waals surface area contributed by atoms with E-state index in [0.717, 1.165) is 17.8 Å². The van der Waals surface area contributed by atoms with Crippen LogP contribution in [0.2, 0.25) is 0 Å². The number of hydrogen-bond acceptors (Lipinski definition) is 4. The fourth-order valence-corrected chi connectivity index (χ4v) is 3.08. The van der Waals surface area contributed by atoms with E-state index in [9.17, 15) is 14.4 Å². The molecule has 21 heavy (non-hydrogen) atoms. The predicted molar refractivity (Wildman–Crippen MR) is 78.7 cm³/mol. The Morgan fingerprint density at radius 2 is 2.14 bits per heavy atom. The molecule has 0 spiro atoms. The number of likely N-dealkylation sites (tertiary alicyclic amines) is 1. The van der Waals surface area contributed by atoms with Crippen molar-refractivity contribution < 1.29 is 19.5 Å². The zero-order valence-corrected chi connectivity index (χ0v) is 12.6. The van der Waals surface area contributed by atoms with E-state index < -0.39 is 18.0 Å². The van der Waals surface area contributed by atoms with Crippen molar-refractivity contribution in [1.82, 2.24) is 9.80 Å². The molecule has 0 bridgehead atoms. The van der Waals surface area contributed by atoms with Crippen LogP contribution in [0.5, 0.6) is 0 Å². The lowest BCUT2D eigenvalue weighted by atomic mass is 10.2. The first-order valence-corrected chi connectivity index (χ1v) is 7.39. The number of carboxylic acid groups (broad SMARTS) is 1. The number of hydrogen-bond donors (Lipinski definition) is 2. The van der Waals surface area contributed by atoms with Crippen molar-refractivity contribution in [3.63, 3.8) is 0 Å². The van der Waals surface area contributed by atoms with E-state index in [1.165, 1.54) is 15.9 Å². The third kappa shape index (κ3) is 3.15. The van der Waals surface area contributed by atoms with Gasteiger partial charge in [0.1, 0.15) is 11.0 Å². The van der Waals surface area contributed by atoms with Crippen LogP contribution in [0.3, 0.4) is 0 Å². The van der Waals surface area contributed by atoms with Crippen molar-refractivity contribution in [3.8, 4) is 0 Å². The molecule has 2 rings (SSSR count). The maximum absolute atomic E-state index is 12.3. The second-order valence-corrected chi connectivity index (χ2v) is 5.90. The highest BCUT2D eigenvalue weighted by atomic mass is 32.1. The maximum atomic E-state index is 12.3. The molecule has 1 fully saturated rings. The Balaban J connectivity index is 2.11. The molecule has 1 saturated heterocycles. The first-order chi connectivity index (χ1) is 9.91. The number of carbonyl (C=O) groups excluding carboxylic acids is 2. The first kappa shape index (κ1) is 15.3. The molecule has 114 valence electrons. The molecule has 8 heteroatoms. The minimum absolute atomic E-state index is 0.0584. The first-order valence-electron chi connectivity index (χ1n) is 6.51. The standard InChI is InChI=1S/C13H17N3O4S/c1-15(2)11(17)9-4-3-6-16(9)13(20)14-10-8(12(18)19)5-7-21-10/h5,7,9H,3-4,6H2,1-2H3,(H,14,20)(H,18,19). The van der Waals surface area contributed by atoms with Crippen LogP contribution >= 0.6 is 11.3 Å². The highest BCUT2D eigenvalue weighted by molar-refractivity contribution is 7.14. The summed E-state index contributed by atoms with van der Waals surface area (Å²) in [4.78, 5) is 38.3. The third-order valence-corrected chi connectivity index (χ3v) is 4.19. The van der Waals surface area contributed by atoms with Gasteiger partial charge in [-0.05, 0) is 24.3 Å². The number of carbonyl (C=O) groups is 3. The lowest BCUT2D eigenvalue weighted by Crippen LogP contribution is -2.47. The highest BCUT2D eigenvalue weighted by Gasteiger charge is 2.35. The number of urea groups is 1. The molecule has 2 heterocycles. The van der Waals surface area contributed by atoms with E-state index in [4.69, 9.17) is 5.11 Å². The van der Waals surface area contributed by atoms with Gasteiger partial charge in [-0.25, -0.2) is 9.59 Å². The van der Waals surface area contributed by atoms with Gasteiger partial charge >= 0.3 is 12.0 Å². The van der Waals surface area contributed by atoms with E-state index in [1.54, 1.807) is 19.5 Å². The topological polar surface area (TPSA) is 90.0 Å². The zero-order chi connectivity index (χ0) is 15.6. The quantitative estimate of drug-likeness (QED) is 0.886. The van der Waals surface area contributed by atoms with E-state index in [-0.39, 0.29) is 16.5 Å². The maximum Gasteiger partial charge on any atom is 0.338 e. The summed E-state index contributed by atoms with van der Waals surface area (Å²) in [6.07, 6.45) is 1.38. The summed E-state index contributed by atoms with van der Waals surface area (Å²) in [5.74, 6) is -1.21. The molecule has 0 radical (unpaired) electrons. The van der Waals surface area contributed by atoms with Gasteiger partial charge < -0.3 is 14.9 Å². The van der Waals surface area contributed by atoms with Gasteiger partial charge in [-0.3, -0.25) is 10.1 Å². The molecular weight excluding hydrogens is 294 g/mol. The molecule has 0 aromatic carbocycles. The Morgan fingerprint density at radius 1 is 1.43 bits per heavy atom. The summed E-state index contributed by atoms with van der Waals surface area (Å²) in [7, 11) is 3.30. The predicted octanol–water partition coefficient (Wildman–Crippen LogP) is 1.53. The number of amides is 3. The van der Waals surface area contributed by atoms with Gasteiger partial charge in [0.15, 0.2) is 0 Å². The molecule has 0 saturated carbocycles. The van der Waals surface area contributed by atoms with Gasteiger partial charge in [-0.1, -0.05) is 0 Å². The summed E-state index contributed by atoms with van der Waals surface area (Å²) >= 11 is 1.15. The molecule has 1 unspecified atom stereocenters. The van der Waals surface area contributed by atoms with Crippen molar-refractivity contribution in [1.29, 1.82) is 0 Å². The number of rotatable bonds is 3. The van der Waals surface area contributed by atoms with Gasteiger partial charge in [0.05, 0.1) is 5.56 Å². The number of anilines is 1. The monoisotopic (exact) mass is 311 g/mol. The van der Waals surface area contributed by atoms with Crippen LogP contribution in [0.25, 0.3) is 0 Å². The number of aromatic carboxylic acids is 1. The molecule has 1 aliphatic rings. The van der Waals surface area contributed by atoms with Gasteiger partial charge in [0.25, 0.3) is 0 Å². The Bertz CT molecular complexity index is 570. The van der Waals surface area contributed by atoms with E-state index >= 15 is 0 Å². The van der Waals surface area contributed by atoms with Crippen molar-refractivity contribution in [3.05, 3.63) is 17.0 Å². The largest absolute Gasteiger partial charge is 0.478 e. The second kappa shape index (κ2) is 6.13. The average Bonchev–Trinajstić information content (AvgIpc) is 3.05. The van der Waals surface area contributed by atoms with Gasteiger partial charge in [0.2, 0.25) is 5.91 Å². The van der Waals surface area contributed by atoms with Crippen LogP contribution in [0.4, 0.5) is 9.80 Å². The molecule has 7 nitrogen and oxygen atoms in total. The number of likely N-dealkylation sites (N-methyl/N-ethyl adjacent to an activating group) is 1. The molecule has 3 amide bonds. The van der Waals surface area contributed by atoms with E-state index in [2.05, 4.69) is 5.32 Å². The van der Waals surface area contributed by atoms with Crippen LogP contribution in [0, 0.1) is 0 Å². The smallest absolute Gasteiger partial charge is 0.338 e. The van der Waals surface area contributed by atoms with Crippen LogP contribution in [0.15, 0.2) is 11.4 Å². The summed E-state index contributed by atoms with van der Waals surface area (Å²) in [5, 5.41) is 13.5. The van der Waals surface area contributed by atoms with Gasteiger partial charge in [0, 0.05) is 20.6 Å². The minimum Gasteiger partial charge on any atom is -0.478 e. The molecule has 1 aromatic rings. The van der Waals surface area contributed by atoms with Crippen molar-refractivity contribution in [2.45, 2.75) is 18.9 Å². The van der Waals surface area contributed by atoms with Crippen molar-refractivity contribution >= 4 is 34.2 Å². The number of thiophene rings is 1. The van der Waals surface area contributed by atoms with Gasteiger partial charge in [-0.2, -0.15) is 0 Å². The average molecular weight is 311 g/mol. The summed E-state index contributed by atoms with van der Waals surface area (Å²) < 4.78 is 0. The normalized spacial score (nSPS) is 17.6. The fourth-order valence-electron chi connectivity index (χ4n) is 2.31. The highest BCUT2D eigenvalue weighted by Crippen LogP contribution is 2.25. The molecule has 2 N–H and O–H groups in total. The van der Waals surface area contributed by atoms with E-state index in [0.29, 0.717) is 13.0 Å². The molecule has 1 aromatic heterocycles. The van der Waals surface area contributed by atoms with Crippen LogP contribution < -0.4 is 5.32 Å². The molecular formula is C13H17N3O4S. The van der Waals surface area contributed by atoms with Crippen LogP contribution in [-0.2, 0) is 4.79 Å². The third-order valence-electron chi connectivity index (χ3n) is 3.36. The summed E-state index contributed by atoms with van der Waals surface area (Å²) in [6, 6.07) is 0.528. The minimum atomic E-state index is -1.09. The Morgan fingerprint density at radius 3 is 2.76 bits per heavy atom.